The molecule has 0 spiro atoms. The largest absolute Gasteiger partial charge is 0.480 e. The molecule has 0 radical (unpaired) electrons. The summed E-state index contributed by atoms with van der Waals surface area (Å²) in [5, 5.41) is 14.2. The van der Waals surface area contributed by atoms with Gasteiger partial charge in [-0.2, -0.15) is 0 Å². The van der Waals surface area contributed by atoms with Crippen molar-refractivity contribution in [2.45, 2.75) is 58.5 Å². The van der Waals surface area contributed by atoms with Crippen molar-refractivity contribution in [1.82, 2.24) is 10.6 Å². The first-order valence-corrected chi connectivity index (χ1v) is 7.27. The van der Waals surface area contributed by atoms with Crippen molar-refractivity contribution in [3.05, 3.63) is 0 Å². The summed E-state index contributed by atoms with van der Waals surface area (Å²) in [5.41, 5.74) is 5.72. The number of rotatable bonds is 10. The summed E-state index contributed by atoms with van der Waals surface area (Å²) in [4.78, 5) is 33.6. The van der Waals surface area contributed by atoms with Crippen molar-refractivity contribution in [3.63, 3.8) is 0 Å². The van der Waals surface area contributed by atoms with E-state index in [2.05, 4.69) is 10.6 Å². The van der Waals surface area contributed by atoms with Gasteiger partial charge in [0.1, 0.15) is 6.04 Å². The van der Waals surface area contributed by atoms with E-state index < -0.39 is 24.0 Å². The number of aliphatic carboxylic acids is 1. The lowest BCUT2D eigenvalue weighted by Crippen LogP contribution is -2.48. The van der Waals surface area contributed by atoms with E-state index in [4.69, 9.17) is 10.8 Å². The minimum absolute atomic E-state index is 0.113. The predicted molar refractivity (Wildman–Crippen MR) is 79.5 cm³/mol. The highest BCUT2D eigenvalue weighted by atomic mass is 16.4. The van der Waals surface area contributed by atoms with Crippen LogP contribution in [0.3, 0.4) is 0 Å². The quantitative estimate of drug-likeness (QED) is 0.430. The van der Waals surface area contributed by atoms with Crippen LogP contribution in [0.5, 0.6) is 0 Å². The highest BCUT2D eigenvalue weighted by Gasteiger charge is 2.23. The van der Waals surface area contributed by atoms with E-state index in [9.17, 15) is 14.4 Å². The van der Waals surface area contributed by atoms with Gasteiger partial charge in [-0.05, 0) is 31.6 Å². The second kappa shape index (κ2) is 10.1. The molecule has 0 aliphatic rings. The molecule has 0 fully saturated rings. The Morgan fingerprint density at radius 1 is 1.19 bits per heavy atom. The molecule has 0 aromatic rings. The molecule has 2 amide bonds. The first kappa shape index (κ1) is 19.4. The third-order valence-electron chi connectivity index (χ3n) is 2.97. The van der Waals surface area contributed by atoms with Gasteiger partial charge in [0.25, 0.3) is 0 Å². The fourth-order valence-corrected chi connectivity index (χ4v) is 1.89. The van der Waals surface area contributed by atoms with Crippen LogP contribution in [0.1, 0.15) is 46.5 Å². The van der Waals surface area contributed by atoms with Gasteiger partial charge < -0.3 is 21.5 Å². The second-order valence-corrected chi connectivity index (χ2v) is 5.61. The standard InChI is InChI=1S/C14H27N3O4/c1-9(2)8-11(15)13(19)17-12(14(20)21)6-4-5-7-16-10(3)18/h9,11-12H,4-8,15H2,1-3H3,(H,16,18)(H,17,19)(H,20,21)/t11-,12-/m0/s1. The van der Waals surface area contributed by atoms with E-state index >= 15 is 0 Å². The lowest BCUT2D eigenvalue weighted by Gasteiger charge is -2.18. The Morgan fingerprint density at radius 2 is 1.81 bits per heavy atom. The highest BCUT2D eigenvalue weighted by Crippen LogP contribution is 2.05. The maximum Gasteiger partial charge on any atom is 0.326 e. The van der Waals surface area contributed by atoms with Crippen LogP contribution in [0.2, 0.25) is 0 Å². The first-order chi connectivity index (χ1) is 9.73. The summed E-state index contributed by atoms with van der Waals surface area (Å²) in [6.07, 6.45) is 2.09. The van der Waals surface area contributed by atoms with Gasteiger partial charge in [0.15, 0.2) is 0 Å². The fraction of sp³-hybridized carbons (Fsp3) is 0.786. The van der Waals surface area contributed by atoms with Gasteiger partial charge in [-0.3, -0.25) is 9.59 Å². The maximum absolute atomic E-state index is 11.8. The molecule has 7 heteroatoms. The summed E-state index contributed by atoms with van der Waals surface area (Å²) < 4.78 is 0. The molecule has 0 saturated heterocycles. The van der Waals surface area contributed by atoms with E-state index in [0.717, 1.165) is 0 Å². The minimum Gasteiger partial charge on any atom is -0.480 e. The molecule has 0 heterocycles. The van der Waals surface area contributed by atoms with Crippen LogP contribution in [0.25, 0.3) is 0 Å². The Kier molecular flexibility index (Phi) is 9.36. The monoisotopic (exact) mass is 301 g/mol. The molecule has 21 heavy (non-hydrogen) atoms. The number of hydrogen-bond donors (Lipinski definition) is 4. The van der Waals surface area contributed by atoms with Gasteiger partial charge in [0.2, 0.25) is 11.8 Å². The Balaban J connectivity index is 4.15. The molecule has 0 aromatic carbocycles. The van der Waals surface area contributed by atoms with Gasteiger partial charge in [-0.15, -0.1) is 0 Å². The lowest BCUT2D eigenvalue weighted by molar-refractivity contribution is -0.142. The molecule has 0 bridgehead atoms. The topological polar surface area (TPSA) is 122 Å². The van der Waals surface area contributed by atoms with E-state index in [-0.39, 0.29) is 11.8 Å². The average molecular weight is 301 g/mol. The molecular weight excluding hydrogens is 274 g/mol. The average Bonchev–Trinajstić information content (AvgIpc) is 2.35. The van der Waals surface area contributed by atoms with E-state index in [1.165, 1.54) is 6.92 Å². The maximum atomic E-state index is 11.8. The SMILES string of the molecule is CC(=O)NCCCC[C@H](NC(=O)[C@@H](N)CC(C)C)C(=O)O. The number of carboxylic acid groups (broad SMARTS) is 1. The van der Waals surface area contributed by atoms with Gasteiger partial charge in [-0.25, -0.2) is 4.79 Å². The Bertz CT molecular complexity index is 358. The third kappa shape index (κ3) is 9.84. The van der Waals surface area contributed by atoms with Crippen LogP contribution >= 0.6 is 0 Å². The second-order valence-electron chi connectivity index (χ2n) is 5.61. The third-order valence-corrected chi connectivity index (χ3v) is 2.97. The number of carbonyl (C=O) groups is 3. The van der Waals surface area contributed by atoms with Gasteiger partial charge in [0.05, 0.1) is 6.04 Å². The molecule has 0 saturated carbocycles. The zero-order valence-corrected chi connectivity index (χ0v) is 13.0. The number of nitrogens with one attached hydrogen (secondary N) is 2. The van der Waals surface area contributed by atoms with Crippen molar-refractivity contribution < 1.29 is 19.5 Å². The van der Waals surface area contributed by atoms with Crippen molar-refractivity contribution in [2.24, 2.45) is 11.7 Å². The van der Waals surface area contributed by atoms with E-state index in [1.54, 1.807) is 0 Å². The predicted octanol–water partition coefficient (Wildman–Crippen LogP) is 0.236. The zero-order valence-electron chi connectivity index (χ0n) is 13.0. The van der Waals surface area contributed by atoms with Gasteiger partial charge in [-0.1, -0.05) is 13.8 Å². The number of amides is 2. The Labute approximate surface area is 125 Å². The van der Waals surface area contributed by atoms with Crippen molar-refractivity contribution in [2.75, 3.05) is 6.54 Å². The van der Waals surface area contributed by atoms with Crippen LogP contribution in [-0.2, 0) is 14.4 Å². The zero-order chi connectivity index (χ0) is 16.4. The van der Waals surface area contributed by atoms with Crippen LogP contribution in [-0.4, -0.2) is 41.5 Å². The number of carboxylic acids is 1. The minimum atomic E-state index is -1.07. The number of hydrogen-bond acceptors (Lipinski definition) is 4. The number of carbonyl (C=O) groups excluding carboxylic acids is 2. The smallest absolute Gasteiger partial charge is 0.326 e. The summed E-state index contributed by atoms with van der Waals surface area (Å²) in [6.45, 7) is 5.83. The fourth-order valence-electron chi connectivity index (χ4n) is 1.89. The normalized spacial score (nSPS) is 13.6. The van der Waals surface area contributed by atoms with Gasteiger partial charge >= 0.3 is 5.97 Å². The molecule has 2 atom stereocenters. The van der Waals surface area contributed by atoms with Crippen molar-refractivity contribution in [1.29, 1.82) is 0 Å². The lowest BCUT2D eigenvalue weighted by atomic mass is 10.0. The van der Waals surface area contributed by atoms with E-state index in [1.807, 2.05) is 13.8 Å². The molecule has 0 aliphatic carbocycles. The van der Waals surface area contributed by atoms with Crippen LogP contribution in [0, 0.1) is 5.92 Å². The molecule has 7 nitrogen and oxygen atoms in total. The molecule has 122 valence electrons. The van der Waals surface area contributed by atoms with Crippen molar-refractivity contribution in [3.8, 4) is 0 Å². The molecule has 0 aliphatic heterocycles. The van der Waals surface area contributed by atoms with Crippen LogP contribution < -0.4 is 16.4 Å². The van der Waals surface area contributed by atoms with Crippen LogP contribution in [0.15, 0.2) is 0 Å². The highest BCUT2D eigenvalue weighted by molar-refractivity contribution is 5.86. The van der Waals surface area contributed by atoms with Gasteiger partial charge in [0, 0.05) is 13.5 Å². The molecule has 0 aromatic heterocycles. The van der Waals surface area contributed by atoms with Crippen molar-refractivity contribution >= 4 is 17.8 Å². The molecule has 0 unspecified atom stereocenters. The molecular formula is C14H27N3O4. The summed E-state index contributed by atoms with van der Waals surface area (Å²) in [5.74, 6) is -1.35. The Morgan fingerprint density at radius 3 is 2.29 bits per heavy atom. The summed E-state index contributed by atoms with van der Waals surface area (Å²) in [7, 11) is 0. The molecule has 0 rings (SSSR count). The summed E-state index contributed by atoms with van der Waals surface area (Å²) >= 11 is 0. The van der Waals surface area contributed by atoms with Crippen LogP contribution in [0.4, 0.5) is 0 Å². The summed E-state index contributed by atoms with van der Waals surface area (Å²) in [6, 6.07) is -1.63. The molecule has 5 N–H and O–H groups in total. The number of unbranched alkanes of at least 4 members (excludes halogenated alkanes) is 1. The van der Waals surface area contributed by atoms with E-state index in [0.29, 0.717) is 32.2 Å². The number of nitrogens with two attached hydrogens (primary N) is 1. The first-order valence-electron chi connectivity index (χ1n) is 7.27. The Hall–Kier alpha value is -1.63.